The van der Waals surface area contributed by atoms with Crippen molar-refractivity contribution < 1.29 is 45.7 Å². The number of hydrogen-bond donors (Lipinski definition) is 1. The molecule has 1 aliphatic carbocycles. The second-order valence-electron chi connectivity index (χ2n) is 11.6. The summed E-state index contributed by atoms with van der Waals surface area (Å²) in [7, 11) is 0. The summed E-state index contributed by atoms with van der Waals surface area (Å²) >= 11 is -2.89. The predicted molar refractivity (Wildman–Crippen MR) is 171 cm³/mol. The summed E-state index contributed by atoms with van der Waals surface area (Å²) in [6.45, 7) is 9.38. The van der Waals surface area contributed by atoms with Crippen LogP contribution >= 0.6 is 0 Å². The van der Waals surface area contributed by atoms with Gasteiger partial charge in [0.05, 0.1) is 0 Å². The number of benzene rings is 5. The minimum Gasteiger partial charge on any atom is -1.00 e. The number of hydrogen-bond acceptors (Lipinski definition) is 1. The number of para-hydroxylation sites is 1. The van der Waals surface area contributed by atoms with E-state index in [0.29, 0.717) is 15.5 Å². The summed E-state index contributed by atoms with van der Waals surface area (Å²) in [6, 6.07) is 48.5. The SMILES string of the molecule is CC(C)c1cccc(C(C)C)c1[NH][Hf+2]([CH]1c2ccccc2-c2ccccc21)[SiH](c1ccccc1)c1ccccc1.[Cl-].[Cl-]. The first kappa shape index (κ1) is 32.5. The Bertz CT molecular complexity index is 1490. The molecule has 0 bridgehead atoms. The van der Waals surface area contributed by atoms with E-state index in [-0.39, 0.29) is 24.8 Å². The molecule has 1 nitrogen and oxygen atoms in total. The van der Waals surface area contributed by atoms with Gasteiger partial charge < -0.3 is 24.8 Å². The van der Waals surface area contributed by atoms with E-state index < -0.39 is 26.9 Å². The summed E-state index contributed by atoms with van der Waals surface area (Å²) in [5.74, 6) is -0.681. The first-order chi connectivity index (χ1) is 19.5. The van der Waals surface area contributed by atoms with Gasteiger partial charge in [0.25, 0.3) is 0 Å². The van der Waals surface area contributed by atoms with Crippen molar-refractivity contribution in [3.05, 3.63) is 150 Å². The zero-order chi connectivity index (χ0) is 27.6. The first-order valence-electron chi connectivity index (χ1n) is 14.6. The monoisotopic (exact) mass is 774 g/mol. The molecule has 0 aliphatic heterocycles. The molecule has 0 heterocycles. The van der Waals surface area contributed by atoms with Crippen LogP contribution < -0.4 is 38.5 Å². The molecule has 5 aromatic rings. The Labute approximate surface area is 273 Å². The molecule has 0 amide bonds. The maximum Gasteiger partial charge on any atom is -1.00 e. The van der Waals surface area contributed by atoms with Crippen molar-refractivity contribution >= 4 is 22.0 Å². The molecule has 1 N–H and O–H groups in total. The average Bonchev–Trinajstić information content (AvgIpc) is 3.32. The van der Waals surface area contributed by atoms with Gasteiger partial charge in [-0.3, -0.25) is 0 Å². The molecule has 0 aromatic heterocycles. The van der Waals surface area contributed by atoms with Crippen LogP contribution in [0.5, 0.6) is 0 Å². The molecule has 0 spiro atoms. The van der Waals surface area contributed by atoms with Crippen LogP contribution in [0.25, 0.3) is 11.1 Å². The van der Waals surface area contributed by atoms with Gasteiger partial charge in [0.1, 0.15) is 0 Å². The van der Waals surface area contributed by atoms with E-state index in [0.717, 1.165) is 0 Å². The maximum absolute atomic E-state index is 4.57. The van der Waals surface area contributed by atoms with E-state index in [1.165, 1.54) is 39.1 Å². The van der Waals surface area contributed by atoms with E-state index in [1.54, 1.807) is 10.4 Å². The average molecular weight is 774 g/mol. The molecule has 42 heavy (non-hydrogen) atoms. The molecule has 213 valence electrons. The third-order valence-electron chi connectivity index (χ3n) is 8.36. The van der Waals surface area contributed by atoms with Crippen LogP contribution in [0, 0.1) is 0 Å². The van der Waals surface area contributed by atoms with Crippen molar-refractivity contribution in [2.45, 2.75) is 43.2 Å². The number of nitrogens with one attached hydrogen (secondary N) is 1. The molecular weight excluding hydrogens is 736 g/mol. The molecule has 0 unspecified atom stereocenters. The van der Waals surface area contributed by atoms with Gasteiger partial charge >= 0.3 is 250 Å². The van der Waals surface area contributed by atoms with Crippen molar-refractivity contribution in [3.8, 4) is 11.1 Å². The minimum atomic E-state index is -2.89. The van der Waals surface area contributed by atoms with Crippen LogP contribution in [0.1, 0.15) is 65.5 Å². The molecule has 6 rings (SSSR count). The Hall–Kier alpha value is -2.43. The molecule has 0 atom stereocenters. The molecule has 0 saturated carbocycles. The van der Waals surface area contributed by atoms with Crippen molar-refractivity contribution in [1.29, 1.82) is 0 Å². The molecule has 5 heteroatoms. The van der Waals surface area contributed by atoms with Gasteiger partial charge in [-0.25, -0.2) is 0 Å². The second-order valence-corrected chi connectivity index (χ2v) is 31.3. The van der Waals surface area contributed by atoms with Crippen molar-refractivity contribution in [3.63, 3.8) is 0 Å². The number of anilines is 1. The fraction of sp³-hybridized carbons (Fsp3) is 0.189. The summed E-state index contributed by atoms with van der Waals surface area (Å²) in [5.41, 5.74) is 10.3. The molecular formula is C37H38Cl2HfNSi. The Morgan fingerprint density at radius 2 is 0.929 bits per heavy atom. The van der Waals surface area contributed by atoms with Gasteiger partial charge in [-0.2, -0.15) is 0 Å². The van der Waals surface area contributed by atoms with Crippen LogP contribution in [0.3, 0.4) is 0 Å². The smallest absolute Gasteiger partial charge is 1.00 e. The van der Waals surface area contributed by atoms with Crippen LogP contribution in [0.15, 0.2) is 127 Å². The van der Waals surface area contributed by atoms with Crippen molar-refractivity contribution in [1.82, 2.24) is 0 Å². The standard InChI is InChI=1S/C13H9.C12H18N.C12H11Si.2ClH.Hf/c1-3-7-12-10(5-1)9-11-6-2-4-8-13(11)12;1-8(2)10-6-5-7-11(9(3)4)12(10)13;1-3-7-11(8-4-1)13-12-9-5-2-6-10-12;;;/h1-9H;5-9,13H,1-4H3;1-10,13H;2*1H;/q;-1;;;;+3/p-2. The first-order valence-corrected chi connectivity index (χ1v) is 26.4. The maximum atomic E-state index is 4.57. The van der Waals surface area contributed by atoms with Crippen molar-refractivity contribution in [2.75, 3.05) is 3.30 Å². The zero-order valence-electron chi connectivity index (χ0n) is 24.7. The van der Waals surface area contributed by atoms with Crippen LogP contribution in [-0.4, -0.2) is 5.98 Å². The zero-order valence-corrected chi connectivity index (χ0v) is 30.9. The topological polar surface area (TPSA) is 12.0 Å². The van der Waals surface area contributed by atoms with Crippen LogP contribution in [0.4, 0.5) is 5.69 Å². The number of halogens is 2. The van der Waals surface area contributed by atoms with Gasteiger partial charge in [-0.05, 0) is 0 Å². The van der Waals surface area contributed by atoms with Gasteiger partial charge in [-0.1, -0.05) is 0 Å². The molecule has 0 saturated heterocycles. The van der Waals surface area contributed by atoms with Gasteiger partial charge in [0.15, 0.2) is 0 Å². The van der Waals surface area contributed by atoms with E-state index in [1.807, 2.05) is 0 Å². The summed E-state index contributed by atoms with van der Waals surface area (Å²) in [4.78, 5) is 0. The van der Waals surface area contributed by atoms with E-state index in [9.17, 15) is 0 Å². The predicted octanol–water partition coefficient (Wildman–Crippen LogP) is 2.19. The van der Waals surface area contributed by atoms with E-state index in [2.05, 4.69) is 158 Å². The van der Waals surface area contributed by atoms with E-state index in [4.69, 9.17) is 0 Å². The third kappa shape index (κ3) is 6.26. The van der Waals surface area contributed by atoms with Gasteiger partial charge in [-0.15, -0.1) is 0 Å². The Morgan fingerprint density at radius 3 is 1.36 bits per heavy atom. The fourth-order valence-electron chi connectivity index (χ4n) is 6.48. The molecule has 5 aromatic carbocycles. The summed E-state index contributed by atoms with van der Waals surface area (Å²) in [6.07, 6.45) is 0. The minimum absolute atomic E-state index is 0. The summed E-state index contributed by atoms with van der Waals surface area (Å²) < 4.78 is 5.04. The fourth-order valence-corrected chi connectivity index (χ4v) is 37.2. The van der Waals surface area contributed by atoms with E-state index >= 15 is 0 Å². The molecule has 1 aliphatic rings. The van der Waals surface area contributed by atoms with Crippen LogP contribution in [0.2, 0.25) is 0 Å². The Balaban J connectivity index is 0.00000202. The third-order valence-corrected chi connectivity index (χ3v) is 35.3. The van der Waals surface area contributed by atoms with Crippen molar-refractivity contribution in [2.24, 2.45) is 0 Å². The number of fused-ring (bicyclic) bond motifs is 3. The summed E-state index contributed by atoms with van der Waals surface area (Å²) in [5, 5.41) is 3.14. The van der Waals surface area contributed by atoms with Gasteiger partial charge in [0, 0.05) is 0 Å². The van der Waals surface area contributed by atoms with Gasteiger partial charge in [0.2, 0.25) is 0 Å². The molecule has 0 radical (unpaired) electrons. The largest absolute Gasteiger partial charge is 1.00 e. The quantitative estimate of drug-likeness (QED) is 0.239. The normalized spacial score (nSPS) is 12.0. The van der Waals surface area contributed by atoms with Crippen LogP contribution in [-0.2, 0) is 20.9 Å². The Kier molecular flexibility index (Phi) is 11.1. The number of rotatable bonds is 8. The molecule has 0 fully saturated rings. The second kappa shape index (κ2) is 14.4. The Morgan fingerprint density at radius 1 is 0.524 bits per heavy atom.